The molecule has 1 aromatic carbocycles. The van der Waals surface area contributed by atoms with Crippen molar-refractivity contribution in [2.45, 2.75) is 23.5 Å². The number of fused-ring (bicyclic) bond motifs is 2. The van der Waals surface area contributed by atoms with Crippen molar-refractivity contribution in [3.05, 3.63) is 62.1 Å². The molecule has 0 N–H and O–H groups in total. The number of carbonyl (C=O) groups is 2. The first-order valence-electron chi connectivity index (χ1n) is 9.21. The van der Waals surface area contributed by atoms with Crippen LogP contribution < -0.4 is 9.21 Å². The number of para-hydroxylation sites is 1. The second kappa shape index (κ2) is 7.19. The van der Waals surface area contributed by atoms with Gasteiger partial charge in [-0.3, -0.25) is 13.9 Å². The summed E-state index contributed by atoms with van der Waals surface area (Å²) in [6.45, 7) is 0.365. The Morgan fingerprint density at radius 2 is 1.87 bits per heavy atom. The van der Waals surface area contributed by atoms with E-state index in [1.807, 2.05) is 18.2 Å². The second-order valence-corrected chi connectivity index (χ2v) is 11.7. The summed E-state index contributed by atoms with van der Waals surface area (Å²) in [6, 6.07) is 10.4. The molecule has 4 heterocycles. The van der Waals surface area contributed by atoms with E-state index in [0.717, 1.165) is 28.2 Å². The molecule has 0 bridgehead atoms. The van der Waals surface area contributed by atoms with Gasteiger partial charge in [-0.05, 0) is 42.0 Å². The molecular formula is C20H15ClN2O4S3. The summed E-state index contributed by atoms with van der Waals surface area (Å²) < 4.78 is 28.3. The van der Waals surface area contributed by atoms with Crippen LogP contribution in [0.1, 0.15) is 27.2 Å². The number of imide groups is 1. The van der Waals surface area contributed by atoms with Gasteiger partial charge in [0, 0.05) is 11.4 Å². The number of nitrogens with zero attached hydrogens (tertiary/aromatic N) is 2. The Bertz CT molecular complexity index is 1290. The number of halogens is 1. The Balaban J connectivity index is 1.55. The van der Waals surface area contributed by atoms with Crippen molar-refractivity contribution in [3.63, 3.8) is 0 Å². The van der Waals surface area contributed by atoms with Crippen LogP contribution in [0.3, 0.4) is 0 Å². The summed E-state index contributed by atoms with van der Waals surface area (Å²) in [5, 5.41) is 1.76. The maximum absolute atomic E-state index is 13.4. The van der Waals surface area contributed by atoms with Gasteiger partial charge in [0.25, 0.3) is 15.9 Å². The number of amides is 2. The summed E-state index contributed by atoms with van der Waals surface area (Å²) in [4.78, 5) is 27.2. The zero-order valence-corrected chi connectivity index (χ0v) is 18.7. The molecule has 154 valence electrons. The largest absolute Gasteiger partial charge is 0.274 e. The molecule has 2 aromatic heterocycles. The summed E-state index contributed by atoms with van der Waals surface area (Å²) in [5.41, 5.74) is 2.21. The number of aryl methyl sites for hydroxylation is 1. The van der Waals surface area contributed by atoms with Crippen molar-refractivity contribution < 1.29 is 18.0 Å². The maximum atomic E-state index is 13.4. The Hall–Kier alpha value is -2.20. The zero-order chi connectivity index (χ0) is 21.0. The van der Waals surface area contributed by atoms with E-state index in [2.05, 4.69) is 0 Å². The lowest BCUT2D eigenvalue weighted by Crippen LogP contribution is -2.41. The van der Waals surface area contributed by atoms with Crippen LogP contribution in [0.15, 0.2) is 46.0 Å². The van der Waals surface area contributed by atoms with Crippen LogP contribution in [-0.2, 0) is 27.7 Å². The maximum Gasteiger partial charge on any atom is 0.273 e. The number of rotatable bonds is 3. The van der Waals surface area contributed by atoms with Crippen LogP contribution in [-0.4, -0.2) is 26.8 Å². The summed E-state index contributed by atoms with van der Waals surface area (Å²) in [7, 11) is -3.88. The van der Waals surface area contributed by atoms with Gasteiger partial charge in [-0.25, -0.2) is 13.3 Å². The molecule has 30 heavy (non-hydrogen) atoms. The van der Waals surface area contributed by atoms with Crippen molar-refractivity contribution in [2.24, 2.45) is 0 Å². The van der Waals surface area contributed by atoms with Crippen molar-refractivity contribution >= 4 is 67.5 Å². The minimum absolute atomic E-state index is 0.0101. The van der Waals surface area contributed by atoms with Crippen molar-refractivity contribution in [2.75, 3.05) is 15.7 Å². The Labute approximate surface area is 186 Å². The number of carbonyl (C=O) groups excluding carboxylic acids is 2. The lowest BCUT2D eigenvalue weighted by atomic mass is 10.0. The fourth-order valence-electron chi connectivity index (χ4n) is 3.84. The molecule has 0 radical (unpaired) electrons. The van der Waals surface area contributed by atoms with Gasteiger partial charge in [0.15, 0.2) is 0 Å². The smallest absolute Gasteiger partial charge is 0.273 e. The topological polar surface area (TPSA) is 74.8 Å². The van der Waals surface area contributed by atoms with E-state index >= 15 is 0 Å². The second-order valence-electron chi connectivity index (χ2n) is 7.00. The molecule has 6 nitrogen and oxygen atoms in total. The normalized spacial score (nSPS) is 16.6. The SMILES string of the molecule is O=C1Cc2sccc2C(=O)N1c1cc(S(=O)(=O)N2CCCc3ccccc32)sc1Cl. The molecule has 2 amide bonds. The highest BCUT2D eigenvalue weighted by Crippen LogP contribution is 2.42. The summed E-state index contributed by atoms with van der Waals surface area (Å²) in [5.74, 6) is -0.892. The van der Waals surface area contributed by atoms with E-state index in [0.29, 0.717) is 29.1 Å². The Kier molecular flexibility index (Phi) is 4.73. The van der Waals surface area contributed by atoms with Gasteiger partial charge in [-0.2, -0.15) is 0 Å². The first-order valence-corrected chi connectivity index (χ1v) is 12.7. The molecule has 0 saturated heterocycles. The van der Waals surface area contributed by atoms with Crippen molar-refractivity contribution in [1.29, 1.82) is 0 Å². The van der Waals surface area contributed by atoms with E-state index < -0.39 is 21.8 Å². The third kappa shape index (κ3) is 2.99. The molecule has 0 fully saturated rings. The molecule has 0 saturated carbocycles. The average molecular weight is 479 g/mol. The van der Waals surface area contributed by atoms with Crippen LogP contribution in [0, 0.1) is 0 Å². The van der Waals surface area contributed by atoms with Gasteiger partial charge in [-0.15, -0.1) is 22.7 Å². The molecule has 10 heteroatoms. The Morgan fingerprint density at radius 3 is 2.70 bits per heavy atom. The average Bonchev–Trinajstić information content (AvgIpc) is 3.35. The number of sulfonamides is 1. The fourth-order valence-corrected chi connectivity index (χ4v) is 8.05. The minimum Gasteiger partial charge on any atom is -0.274 e. The predicted octanol–water partition coefficient (Wildman–Crippen LogP) is 4.33. The first kappa shape index (κ1) is 19.7. The zero-order valence-electron chi connectivity index (χ0n) is 15.5. The number of benzene rings is 1. The van der Waals surface area contributed by atoms with Crippen molar-refractivity contribution in [3.8, 4) is 0 Å². The standard InChI is InChI=1S/C20H15ClN2O4S3/c21-19-15(23-17(24)11-16-13(20(23)25)7-9-28-16)10-18(29-19)30(26,27)22-8-3-5-12-4-1-2-6-14(12)22/h1-2,4,6-7,9-10H,3,5,8,11H2. The van der Waals surface area contributed by atoms with Gasteiger partial charge < -0.3 is 0 Å². The van der Waals surface area contributed by atoms with Crippen LogP contribution >= 0.6 is 34.3 Å². The first-order chi connectivity index (χ1) is 14.4. The molecule has 0 spiro atoms. The van der Waals surface area contributed by atoms with E-state index in [1.165, 1.54) is 21.7 Å². The number of hydrogen-bond acceptors (Lipinski definition) is 6. The lowest BCUT2D eigenvalue weighted by Gasteiger charge is -2.29. The molecule has 3 aromatic rings. The van der Waals surface area contributed by atoms with Gasteiger partial charge in [0.2, 0.25) is 5.91 Å². The van der Waals surface area contributed by atoms with Crippen LogP contribution in [0.2, 0.25) is 4.34 Å². The molecule has 5 rings (SSSR count). The highest BCUT2D eigenvalue weighted by atomic mass is 35.5. The van der Waals surface area contributed by atoms with E-state index in [1.54, 1.807) is 17.5 Å². The Morgan fingerprint density at radius 1 is 1.07 bits per heavy atom. The summed E-state index contributed by atoms with van der Waals surface area (Å²) >= 11 is 8.56. The minimum atomic E-state index is -3.88. The van der Waals surface area contributed by atoms with Gasteiger partial charge in [0.05, 0.1) is 23.4 Å². The third-order valence-corrected chi connectivity index (χ3v) is 9.76. The lowest BCUT2D eigenvalue weighted by molar-refractivity contribution is -0.117. The molecule has 0 unspecified atom stereocenters. The summed E-state index contributed by atoms with van der Waals surface area (Å²) in [6.07, 6.45) is 1.62. The highest BCUT2D eigenvalue weighted by Gasteiger charge is 2.37. The highest BCUT2D eigenvalue weighted by molar-refractivity contribution is 7.94. The van der Waals surface area contributed by atoms with Gasteiger partial charge >= 0.3 is 0 Å². The number of thiophene rings is 2. The van der Waals surface area contributed by atoms with E-state index in [4.69, 9.17) is 11.6 Å². The third-order valence-electron chi connectivity index (χ3n) is 5.24. The molecule has 2 aliphatic rings. The fraction of sp³-hybridized carbons (Fsp3) is 0.200. The van der Waals surface area contributed by atoms with E-state index in [9.17, 15) is 18.0 Å². The monoisotopic (exact) mass is 478 g/mol. The molecule has 0 aliphatic carbocycles. The molecule has 2 aliphatic heterocycles. The van der Waals surface area contributed by atoms with E-state index in [-0.39, 0.29) is 20.7 Å². The van der Waals surface area contributed by atoms with Gasteiger partial charge in [-0.1, -0.05) is 29.8 Å². The van der Waals surface area contributed by atoms with Crippen LogP contribution in [0.25, 0.3) is 0 Å². The molecular weight excluding hydrogens is 464 g/mol. The number of hydrogen-bond donors (Lipinski definition) is 0. The van der Waals surface area contributed by atoms with Gasteiger partial charge in [0.1, 0.15) is 8.55 Å². The quantitative estimate of drug-likeness (QED) is 0.525. The van der Waals surface area contributed by atoms with Crippen LogP contribution in [0.4, 0.5) is 11.4 Å². The number of anilines is 2. The predicted molar refractivity (Wildman–Crippen MR) is 118 cm³/mol. The van der Waals surface area contributed by atoms with Crippen molar-refractivity contribution in [1.82, 2.24) is 0 Å². The van der Waals surface area contributed by atoms with Crippen LogP contribution in [0.5, 0.6) is 0 Å². The molecule has 0 atom stereocenters.